The summed E-state index contributed by atoms with van der Waals surface area (Å²) >= 11 is 16.5. The second kappa shape index (κ2) is 11.4. The number of fused-ring (bicyclic) bond motifs is 2. The maximum atomic E-state index is 13.8. The number of carbonyl (C=O) groups excluding carboxylic acids is 1. The highest BCUT2D eigenvalue weighted by Crippen LogP contribution is 2.57. The molecule has 6 rings (SSSR count). The molecule has 3 atom stereocenters. The normalized spacial score (nSPS) is 24.7. The molecule has 1 amide bonds. The van der Waals surface area contributed by atoms with Crippen molar-refractivity contribution in [3.05, 3.63) is 91.9 Å². The second-order valence-corrected chi connectivity index (χ2v) is 13.9. The molecule has 0 radical (unpaired) electrons. The molecule has 2 saturated heterocycles. The molecule has 5 nitrogen and oxygen atoms in total. The van der Waals surface area contributed by atoms with Crippen LogP contribution in [0.4, 0.5) is 14.5 Å². The van der Waals surface area contributed by atoms with Gasteiger partial charge in [-0.2, -0.15) is 0 Å². The quantitative estimate of drug-likeness (QED) is 0.292. The van der Waals surface area contributed by atoms with Crippen molar-refractivity contribution in [3.63, 3.8) is 0 Å². The predicted octanol–water partition coefficient (Wildman–Crippen LogP) is 8.64. The SMILES string of the molecule is CC(C)(Oc1ccc(Br)cc1[C@@H]1NCC[C@@H](c2cccc(Cl)c2)[C@]12C=Nc1cc(Cl)ccc12)C(=O)N1CCC(F)(F)CC1. The number of hydrogen-bond acceptors (Lipinski definition) is 4. The van der Waals surface area contributed by atoms with E-state index in [0.717, 1.165) is 39.8 Å². The van der Waals surface area contributed by atoms with E-state index >= 15 is 0 Å². The summed E-state index contributed by atoms with van der Waals surface area (Å²) in [5.41, 5.74) is 1.87. The van der Waals surface area contributed by atoms with Crippen molar-refractivity contribution < 1.29 is 18.3 Å². The van der Waals surface area contributed by atoms with Crippen LogP contribution in [0.15, 0.2) is 70.1 Å². The number of amides is 1. The Labute approximate surface area is 268 Å². The fourth-order valence-electron chi connectivity index (χ4n) is 6.82. The first kappa shape index (κ1) is 30.5. The van der Waals surface area contributed by atoms with Crippen LogP contribution in [-0.2, 0) is 10.2 Å². The largest absolute Gasteiger partial charge is 0.478 e. The number of nitrogens with zero attached hydrogens (tertiary/aromatic N) is 2. The van der Waals surface area contributed by atoms with E-state index in [0.29, 0.717) is 15.8 Å². The average molecular weight is 691 g/mol. The fourth-order valence-corrected chi connectivity index (χ4v) is 7.56. The molecule has 0 aromatic heterocycles. The number of aliphatic imine (C=N–C) groups is 1. The lowest BCUT2D eigenvalue weighted by atomic mass is 9.60. The van der Waals surface area contributed by atoms with Crippen LogP contribution in [0, 0.1) is 0 Å². The average Bonchev–Trinajstić information content (AvgIpc) is 3.32. The van der Waals surface area contributed by atoms with Gasteiger partial charge < -0.3 is 15.0 Å². The summed E-state index contributed by atoms with van der Waals surface area (Å²) in [6, 6.07) is 19.2. The van der Waals surface area contributed by atoms with Gasteiger partial charge in [0.2, 0.25) is 0 Å². The third-order valence-electron chi connectivity index (χ3n) is 8.88. The Hall–Kier alpha value is -2.52. The number of carbonyl (C=O) groups is 1. The molecular weight excluding hydrogens is 659 g/mol. The van der Waals surface area contributed by atoms with E-state index in [-0.39, 0.29) is 43.8 Å². The number of ether oxygens (including phenoxy) is 1. The summed E-state index contributed by atoms with van der Waals surface area (Å²) in [5, 5.41) is 5.03. The van der Waals surface area contributed by atoms with E-state index < -0.39 is 16.9 Å². The number of alkyl halides is 2. The van der Waals surface area contributed by atoms with Gasteiger partial charge in [0.15, 0.2) is 5.60 Å². The molecule has 2 fully saturated rings. The molecule has 43 heavy (non-hydrogen) atoms. The van der Waals surface area contributed by atoms with Gasteiger partial charge in [0.1, 0.15) is 5.75 Å². The Morgan fingerprint density at radius 2 is 1.81 bits per heavy atom. The number of piperidine rings is 2. The highest BCUT2D eigenvalue weighted by Gasteiger charge is 2.53. The second-order valence-electron chi connectivity index (χ2n) is 12.1. The molecule has 10 heteroatoms. The molecule has 226 valence electrons. The number of nitrogens with one attached hydrogen (secondary N) is 1. The Balaban J connectivity index is 1.43. The van der Waals surface area contributed by atoms with E-state index in [9.17, 15) is 13.6 Å². The molecular formula is C33H32BrCl2F2N3O2. The Morgan fingerprint density at radius 3 is 2.56 bits per heavy atom. The monoisotopic (exact) mass is 689 g/mol. The predicted molar refractivity (Wildman–Crippen MR) is 170 cm³/mol. The number of hydrogen-bond donors (Lipinski definition) is 1. The highest BCUT2D eigenvalue weighted by atomic mass is 79.9. The molecule has 0 unspecified atom stereocenters. The van der Waals surface area contributed by atoms with Crippen LogP contribution < -0.4 is 10.1 Å². The molecule has 0 bridgehead atoms. The minimum absolute atomic E-state index is 0.00374. The molecule has 3 aliphatic heterocycles. The molecule has 0 saturated carbocycles. The number of benzene rings is 3. The van der Waals surface area contributed by atoms with Gasteiger partial charge in [-0.3, -0.25) is 9.79 Å². The maximum Gasteiger partial charge on any atom is 0.266 e. The molecule has 1 spiro atoms. The Kier molecular flexibility index (Phi) is 8.12. The van der Waals surface area contributed by atoms with Crippen LogP contribution in [0.5, 0.6) is 5.75 Å². The molecule has 0 aliphatic carbocycles. The summed E-state index contributed by atoms with van der Waals surface area (Å²) < 4.78 is 35.1. The minimum atomic E-state index is -2.75. The van der Waals surface area contributed by atoms with E-state index in [2.05, 4.69) is 27.3 Å². The van der Waals surface area contributed by atoms with Crippen molar-refractivity contribution >= 4 is 56.9 Å². The van der Waals surface area contributed by atoms with Gasteiger partial charge in [0.25, 0.3) is 11.8 Å². The van der Waals surface area contributed by atoms with E-state index in [1.165, 1.54) is 4.90 Å². The van der Waals surface area contributed by atoms with Gasteiger partial charge in [0, 0.05) is 58.1 Å². The minimum Gasteiger partial charge on any atom is -0.478 e. The molecule has 1 N–H and O–H groups in total. The lowest BCUT2D eigenvalue weighted by molar-refractivity contribution is -0.151. The lowest BCUT2D eigenvalue weighted by Crippen LogP contribution is -2.53. The molecule has 3 aliphatic rings. The topological polar surface area (TPSA) is 53.9 Å². The highest BCUT2D eigenvalue weighted by molar-refractivity contribution is 9.10. The standard InChI is InChI=1S/C33H32BrCl2F2N3O2/c1-31(2,30(42)41-14-11-32(37,38)12-15-41)43-28-9-6-21(34)17-24(28)29-33(19-40-27-18-23(36)7-8-26(27)33)25(10-13-39-29)20-4-3-5-22(35)16-20/h3-9,16-19,25,29,39H,10-15H2,1-2H3/t25-,29-,33-/m0/s1. The number of rotatable bonds is 5. The first-order valence-electron chi connectivity index (χ1n) is 14.4. The lowest BCUT2D eigenvalue weighted by Gasteiger charge is -2.48. The van der Waals surface area contributed by atoms with E-state index in [4.69, 9.17) is 32.9 Å². The summed E-state index contributed by atoms with van der Waals surface area (Å²) in [6.07, 6.45) is 2.16. The third kappa shape index (κ3) is 5.72. The summed E-state index contributed by atoms with van der Waals surface area (Å²) in [5.74, 6) is -2.52. The van der Waals surface area contributed by atoms with Crippen LogP contribution >= 0.6 is 39.1 Å². The number of halogens is 5. The zero-order chi connectivity index (χ0) is 30.6. The van der Waals surface area contributed by atoms with Crippen molar-refractivity contribution in [2.24, 2.45) is 4.99 Å². The number of likely N-dealkylation sites (tertiary alicyclic amines) is 1. The van der Waals surface area contributed by atoms with Gasteiger partial charge in [-0.15, -0.1) is 0 Å². The van der Waals surface area contributed by atoms with Crippen molar-refractivity contribution in [2.75, 3.05) is 19.6 Å². The van der Waals surface area contributed by atoms with Crippen molar-refractivity contribution in [1.82, 2.24) is 10.2 Å². The van der Waals surface area contributed by atoms with Crippen LogP contribution in [0.3, 0.4) is 0 Å². The summed E-state index contributed by atoms with van der Waals surface area (Å²) in [4.78, 5) is 20.0. The van der Waals surface area contributed by atoms with Crippen LogP contribution in [0.1, 0.15) is 61.8 Å². The van der Waals surface area contributed by atoms with Gasteiger partial charge in [0.05, 0.1) is 17.1 Å². The van der Waals surface area contributed by atoms with Crippen LogP contribution in [-0.4, -0.2) is 48.2 Å². The molecule has 3 aromatic rings. The van der Waals surface area contributed by atoms with Crippen molar-refractivity contribution in [1.29, 1.82) is 0 Å². The van der Waals surface area contributed by atoms with Gasteiger partial charge in [-0.25, -0.2) is 8.78 Å². The fraction of sp³-hybridized carbons (Fsp3) is 0.394. The van der Waals surface area contributed by atoms with Crippen LogP contribution in [0.25, 0.3) is 0 Å². The zero-order valence-electron chi connectivity index (χ0n) is 23.8. The first-order valence-corrected chi connectivity index (χ1v) is 15.9. The smallest absolute Gasteiger partial charge is 0.266 e. The van der Waals surface area contributed by atoms with Crippen molar-refractivity contribution in [3.8, 4) is 5.75 Å². The van der Waals surface area contributed by atoms with E-state index in [1.807, 2.05) is 60.8 Å². The Morgan fingerprint density at radius 1 is 1.07 bits per heavy atom. The third-order valence-corrected chi connectivity index (χ3v) is 9.84. The first-order chi connectivity index (χ1) is 20.4. The van der Waals surface area contributed by atoms with Gasteiger partial charge in [-0.1, -0.05) is 57.3 Å². The zero-order valence-corrected chi connectivity index (χ0v) is 26.9. The molecule has 3 aromatic carbocycles. The van der Waals surface area contributed by atoms with Crippen LogP contribution in [0.2, 0.25) is 10.0 Å². The van der Waals surface area contributed by atoms with Gasteiger partial charge in [-0.05, 0) is 80.4 Å². The maximum absolute atomic E-state index is 13.8. The van der Waals surface area contributed by atoms with Gasteiger partial charge >= 0.3 is 0 Å². The summed E-state index contributed by atoms with van der Waals surface area (Å²) in [7, 11) is 0. The van der Waals surface area contributed by atoms with Crippen molar-refractivity contribution in [2.45, 2.75) is 62.0 Å². The van der Waals surface area contributed by atoms with E-state index in [1.54, 1.807) is 13.8 Å². The summed E-state index contributed by atoms with van der Waals surface area (Å²) in [6.45, 7) is 4.10. The molecule has 3 heterocycles. The Bertz CT molecular complexity index is 1590.